The van der Waals surface area contributed by atoms with Crippen LogP contribution < -0.4 is 4.72 Å². The van der Waals surface area contributed by atoms with Gasteiger partial charge >= 0.3 is 0 Å². The molecule has 1 unspecified atom stereocenters. The Hall–Kier alpha value is -0.940. The molecule has 1 atom stereocenters. The van der Waals surface area contributed by atoms with Gasteiger partial charge in [0.05, 0.1) is 0 Å². The minimum atomic E-state index is -3.49. The molecule has 1 aromatic heterocycles. The lowest BCUT2D eigenvalue weighted by Gasteiger charge is -2.32. The van der Waals surface area contributed by atoms with E-state index in [2.05, 4.69) is 9.62 Å². The van der Waals surface area contributed by atoms with Crippen molar-refractivity contribution in [2.75, 3.05) is 19.6 Å². The summed E-state index contributed by atoms with van der Waals surface area (Å²) in [5.74, 6) is 0. The summed E-state index contributed by atoms with van der Waals surface area (Å²) in [6, 6.07) is 5.17. The molecule has 2 rings (SSSR count). The van der Waals surface area contributed by atoms with Crippen molar-refractivity contribution in [3.05, 3.63) is 17.0 Å². The van der Waals surface area contributed by atoms with E-state index in [1.165, 1.54) is 31.4 Å². The lowest BCUT2D eigenvalue weighted by molar-refractivity contribution is 0.175. The molecule has 1 aromatic rings. The maximum absolute atomic E-state index is 12.1. The summed E-state index contributed by atoms with van der Waals surface area (Å²) in [6.07, 6.45) is 3.64. The Kier molecular flexibility index (Phi) is 5.16. The molecule has 1 saturated heterocycles. The normalized spacial score (nSPS) is 18.6. The van der Waals surface area contributed by atoms with E-state index in [0.29, 0.717) is 11.4 Å². The zero-order valence-electron chi connectivity index (χ0n) is 11.5. The summed E-state index contributed by atoms with van der Waals surface area (Å²) in [6.45, 7) is 4.53. The summed E-state index contributed by atoms with van der Waals surface area (Å²) in [5.41, 5.74) is 0. The zero-order chi connectivity index (χ0) is 14.6. The number of rotatable bonds is 5. The highest BCUT2D eigenvalue weighted by Crippen LogP contribution is 2.20. The summed E-state index contributed by atoms with van der Waals surface area (Å²) >= 11 is 1.00. The summed E-state index contributed by atoms with van der Waals surface area (Å²) in [7, 11) is -3.49. The van der Waals surface area contributed by atoms with Gasteiger partial charge in [-0.2, -0.15) is 5.26 Å². The van der Waals surface area contributed by atoms with Crippen LogP contribution in [0.5, 0.6) is 0 Å². The van der Waals surface area contributed by atoms with Gasteiger partial charge in [-0.3, -0.25) is 4.90 Å². The predicted octanol–water partition coefficient (Wildman–Crippen LogP) is 1.77. The predicted molar refractivity (Wildman–Crippen MR) is 79.1 cm³/mol. The number of thiophene rings is 1. The Balaban J connectivity index is 1.93. The van der Waals surface area contributed by atoms with Crippen molar-refractivity contribution in [1.82, 2.24) is 9.62 Å². The molecule has 2 heterocycles. The van der Waals surface area contributed by atoms with Crippen LogP contribution in [0.1, 0.15) is 31.1 Å². The Bertz CT molecular complexity index is 583. The molecule has 0 radical (unpaired) electrons. The van der Waals surface area contributed by atoms with Gasteiger partial charge in [0, 0.05) is 12.6 Å². The molecule has 1 fully saturated rings. The van der Waals surface area contributed by atoms with E-state index in [0.717, 1.165) is 24.4 Å². The molecule has 110 valence electrons. The first-order valence-corrected chi connectivity index (χ1v) is 9.06. The fraction of sp³-hybridized carbons (Fsp3) is 0.615. The molecular weight excluding hydrogens is 294 g/mol. The first kappa shape index (κ1) is 15.4. The molecule has 1 N–H and O–H groups in total. The van der Waals surface area contributed by atoms with Crippen LogP contribution in [-0.2, 0) is 10.0 Å². The number of hydrogen-bond donors (Lipinski definition) is 1. The second-order valence-electron chi connectivity index (χ2n) is 5.03. The third-order valence-electron chi connectivity index (χ3n) is 3.54. The Morgan fingerprint density at radius 3 is 2.70 bits per heavy atom. The second-order valence-corrected chi connectivity index (χ2v) is 8.11. The van der Waals surface area contributed by atoms with Gasteiger partial charge in [0.2, 0.25) is 10.0 Å². The van der Waals surface area contributed by atoms with E-state index in [9.17, 15) is 8.42 Å². The standard InChI is InChI=1S/C13H19N3O2S2/c1-11(16-7-3-2-4-8-16)10-15-20(17,18)13-6-5-12(9-14)19-13/h5-6,11,15H,2-4,7-8,10H2,1H3. The number of likely N-dealkylation sites (tertiary alicyclic amines) is 1. The molecule has 0 spiro atoms. The van der Waals surface area contributed by atoms with Crippen molar-refractivity contribution in [2.45, 2.75) is 36.4 Å². The molecular formula is C13H19N3O2S2. The van der Waals surface area contributed by atoms with Crippen LogP contribution >= 0.6 is 11.3 Å². The van der Waals surface area contributed by atoms with Gasteiger partial charge < -0.3 is 0 Å². The van der Waals surface area contributed by atoms with Crippen LogP contribution in [0.2, 0.25) is 0 Å². The second kappa shape index (κ2) is 6.68. The molecule has 0 saturated carbocycles. The number of hydrogen-bond acceptors (Lipinski definition) is 5. The first-order chi connectivity index (χ1) is 9.53. The maximum atomic E-state index is 12.1. The van der Waals surface area contributed by atoms with Crippen molar-refractivity contribution in [2.24, 2.45) is 0 Å². The highest BCUT2D eigenvalue weighted by atomic mass is 32.2. The number of nitrogens with zero attached hydrogens (tertiary/aromatic N) is 2. The average molecular weight is 313 g/mol. The summed E-state index contributed by atoms with van der Waals surface area (Å²) in [4.78, 5) is 2.73. The number of sulfonamides is 1. The van der Waals surface area contributed by atoms with E-state index >= 15 is 0 Å². The Morgan fingerprint density at radius 2 is 2.10 bits per heavy atom. The van der Waals surface area contributed by atoms with Crippen molar-refractivity contribution in [1.29, 1.82) is 5.26 Å². The molecule has 1 aliphatic rings. The first-order valence-electron chi connectivity index (χ1n) is 6.76. The quantitative estimate of drug-likeness (QED) is 0.899. The fourth-order valence-electron chi connectivity index (χ4n) is 2.31. The molecule has 0 aliphatic carbocycles. The van der Waals surface area contributed by atoms with Gasteiger partial charge in [0.1, 0.15) is 15.2 Å². The average Bonchev–Trinajstić information content (AvgIpc) is 2.95. The zero-order valence-corrected chi connectivity index (χ0v) is 13.1. The van der Waals surface area contributed by atoms with Crippen LogP contribution in [-0.4, -0.2) is 39.0 Å². The highest BCUT2D eigenvalue weighted by molar-refractivity contribution is 7.91. The highest BCUT2D eigenvalue weighted by Gasteiger charge is 2.21. The Morgan fingerprint density at radius 1 is 1.40 bits per heavy atom. The van der Waals surface area contributed by atoms with Crippen LogP contribution in [0.25, 0.3) is 0 Å². The minimum Gasteiger partial charge on any atom is -0.299 e. The van der Waals surface area contributed by atoms with E-state index < -0.39 is 10.0 Å². The molecule has 1 aliphatic heterocycles. The third-order valence-corrected chi connectivity index (χ3v) is 6.44. The van der Waals surface area contributed by atoms with E-state index in [4.69, 9.17) is 5.26 Å². The Labute approximate surface area is 124 Å². The van der Waals surface area contributed by atoms with Crippen molar-refractivity contribution in [3.63, 3.8) is 0 Å². The van der Waals surface area contributed by atoms with Crippen molar-refractivity contribution >= 4 is 21.4 Å². The number of nitrogens with one attached hydrogen (secondary N) is 1. The van der Waals surface area contributed by atoms with Gasteiger partial charge in [-0.25, -0.2) is 13.1 Å². The van der Waals surface area contributed by atoms with Crippen LogP contribution in [0.4, 0.5) is 0 Å². The van der Waals surface area contributed by atoms with E-state index in [1.54, 1.807) is 0 Å². The van der Waals surface area contributed by atoms with E-state index in [1.807, 2.05) is 13.0 Å². The minimum absolute atomic E-state index is 0.195. The lowest BCUT2D eigenvalue weighted by Crippen LogP contribution is -2.44. The lowest BCUT2D eigenvalue weighted by atomic mass is 10.1. The van der Waals surface area contributed by atoms with Crippen molar-refractivity contribution in [3.8, 4) is 6.07 Å². The summed E-state index contributed by atoms with van der Waals surface area (Å²) < 4.78 is 27.1. The van der Waals surface area contributed by atoms with Crippen molar-refractivity contribution < 1.29 is 8.42 Å². The van der Waals surface area contributed by atoms with Crippen LogP contribution in [0, 0.1) is 11.3 Å². The summed E-state index contributed by atoms with van der Waals surface area (Å²) in [5, 5.41) is 8.74. The van der Waals surface area contributed by atoms with Gasteiger partial charge in [0.15, 0.2) is 0 Å². The van der Waals surface area contributed by atoms with Gasteiger partial charge in [-0.15, -0.1) is 11.3 Å². The van der Waals surface area contributed by atoms with Gasteiger partial charge in [-0.05, 0) is 45.0 Å². The fourth-order valence-corrected chi connectivity index (χ4v) is 4.58. The number of nitriles is 1. The van der Waals surface area contributed by atoms with Gasteiger partial charge in [-0.1, -0.05) is 6.42 Å². The number of piperidine rings is 1. The third kappa shape index (κ3) is 3.79. The van der Waals surface area contributed by atoms with E-state index in [-0.39, 0.29) is 10.3 Å². The SMILES string of the molecule is CC(CNS(=O)(=O)c1ccc(C#N)s1)N1CCCCC1. The smallest absolute Gasteiger partial charge is 0.250 e. The molecule has 7 heteroatoms. The molecule has 0 bridgehead atoms. The van der Waals surface area contributed by atoms with Crippen LogP contribution in [0.3, 0.4) is 0 Å². The molecule has 20 heavy (non-hydrogen) atoms. The topological polar surface area (TPSA) is 73.2 Å². The maximum Gasteiger partial charge on any atom is 0.250 e. The van der Waals surface area contributed by atoms with Gasteiger partial charge in [0.25, 0.3) is 0 Å². The molecule has 5 nitrogen and oxygen atoms in total. The van der Waals surface area contributed by atoms with Crippen LogP contribution in [0.15, 0.2) is 16.3 Å². The molecule has 0 aromatic carbocycles. The monoisotopic (exact) mass is 313 g/mol. The molecule has 0 amide bonds. The largest absolute Gasteiger partial charge is 0.299 e.